The SMILES string of the molecule is C#C.C=C/C(C)=C(CCC)\C(C)=C(/C)CSO.CC.Cc1ccc2nc(C)[nH]c2c1. The quantitative estimate of drug-likeness (QED) is 0.276. The maximum absolute atomic E-state index is 8.84. The van der Waals surface area contributed by atoms with Gasteiger partial charge >= 0.3 is 0 Å². The summed E-state index contributed by atoms with van der Waals surface area (Å²) in [5.74, 6) is 1.66. The van der Waals surface area contributed by atoms with Crippen molar-refractivity contribution in [3.63, 3.8) is 0 Å². The van der Waals surface area contributed by atoms with Gasteiger partial charge in [-0.15, -0.1) is 12.8 Å². The topological polar surface area (TPSA) is 48.9 Å². The molecule has 4 heteroatoms. The van der Waals surface area contributed by atoms with Crippen LogP contribution in [0.15, 0.2) is 53.1 Å². The maximum atomic E-state index is 8.84. The van der Waals surface area contributed by atoms with E-state index in [0.29, 0.717) is 5.75 Å². The van der Waals surface area contributed by atoms with E-state index in [4.69, 9.17) is 4.55 Å². The maximum Gasteiger partial charge on any atom is 0.104 e. The summed E-state index contributed by atoms with van der Waals surface area (Å²) in [5, 5.41) is 0. The second-order valence-corrected chi connectivity index (χ2v) is 7.18. The normalized spacial score (nSPS) is 11.4. The zero-order chi connectivity index (χ0) is 23.7. The minimum absolute atomic E-state index is 0.684. The monoisotopic (exact) mass is 428 g/mol. The van der Waals surface area contributed by atoms with E-state index in [1.807, 2.05) is 32.9 Å². The van der Waals surface area contributed by atoms with Crippen molar-refractivity contribution in [2.75, 3.05) is 5.75 Å². The lowest BCUT2D eigenvalue weighted by molar-refractivity contribution is 0.665. The first kappa shape index (κ1) is 30.0. The molecule has 3 nitrogen and oxygen atoms in total. The van der Waals surface area contributed by atoms with Crippen LogP contribution in [0.4, 0.5) is 0 Å². The number of nitrogens with zero attached hydrogens (tertiary/aromatic N) is 1. The molecule has 0 saturated heterocycles. The van der Waals surface area contributed by atoms with Crippen molar-refractivity contribution in [1.29, 1.82) is 0 Å². The molecular formula is C26H40N2OS. The van der Waals surface area contributed by atoms with E-state index in [2.05, 4.69) is 76.1 Å². The summed E-state index contributed by atoms with van der Waals surface area (Å²) in [5.41, 5.74) is 8.61. The van der Waals surface area contributed by atoms with Gasteiger partial charge in [-0.05, 0) is 87.5 Å². The van der Waals surface area contributed by atoms with Crippen molar-refractivity contribution in [3.8, 4) is 12.8 Å². The Hall–Kier alpha value is -2.22. The third-order valence-electron chi connectivity index (χ3n) is 4.41. The van der Waals surface area contributed by atoms with Gasteiger partial charge in [-0.2, -0.15) is 0 Å². The summed E-state index contributed by atoms with van der Waals surface area (Å²) < 4.78 is 8.84. The Morgan fingerprint density at radius 1 is 1.20 bits per heavy atom. The minimum atomic E-state index is 0.684. The van der Waals surface area contributed by atoms with Gasteiger partial charge in [-0.3, -0.25) is 0 Å². The van der Waals surface area contributed by atoms with Crippen LogP contribution in [0.25, 0.3) is 11.0 Å². The second-order valence-electron chi connectivity index (χ2n) is 6.64. The average Bonchev–Trinajstić information content (AvgIpc) is 3.13. The van der Waals surface area contributed by atoms with Crippen LogP contribution in [-0.2, 0) is 0 Å². The predicted molar refractivity (Wildman–Crippen MR) is 138 cm³/mol. The molecule has 0 bridgehead atoms. The Morgan fingerprint density at radius 2 is 1.80 bits per heavy atom. The average molecular weight is 429 g/mol. The van der Waals surface area contributed by atoms with E-state index in [0.717, 1.165) is 41.7 Å². The number of aromatic amines is 1. The smallest absolute Gasteiger partial charge is 0.104 e. The zero-order valence-electron chi connectivity index (χ0n) is 20.1. The molecule has 2 rings (SSSR count). The summed E-state index contributed by atoms with van der Waals surface area (Å²) in [7, 11) is 0. The minimum Gasteiger partial charge on any atom is -0.342 e. The van der Waals surface area contributed by atoms with Crippen LogP contribution in [-0.4, -0.2) is 20.3 Å². The molecule has 0 aliphatic heterocycles. The lowest BCUT2D eigenvalue weighted by Gasteiger charge is -2.13. The number of hydrogen-bond acceptors (Lipinski definition) is 3. The number of aryl methyl sites for hydroxylation is 2. The van der Waals surface area contributed by atoms with Gasteiger partial charge < -0.3 is 9.54 Å². The van der Waals surface area contributed by atoms with Gasteiger partial charge in [0.25, 0.3) is 0 Å². The highest BCUT2D eigenvalue weighted by atomic mass is 32.2. The largest absolute Gasteiger partial charge is 0.342 e. The molecule has 166 valence electrons. The number of fused-ring (bicyclic) bond motifs is 1. The Morgan fingerprint density at radius 3 is 2.30 bits per heavy atom. The van der Waals surface area contributed by atoms with Crippen LogP contribution in [0.5, 0.6) is 0 Å². The highest BCUT2D eigenvalue weighted by molar-refractivity contribution is 7.93. The highest BCUT2D eigenvalue weighted by Crippen LogP contribution is 2.24. The van der Waals surface area contributed by atoms with Gasteiger partial charge in [0.1, 0.15) is 5.82 Å². The molecule has 0 spiro atoms. The Bertz CT molecular complexity index is 841. The summed E-state index contributed by atoms with van der Waals surface area (Å²) in [6, 6.07) is 6.21. The molecule has 1 aromatic heterocycles. The number of imidazole rings is 1. The molecule has 1 heterocycles. The Kier molecular flexibility index (Phi) is 17.6. The third-order valence-corrected chi connectivity index (χ3v) is 4.97. The fourth-order valence-electron chi connectivity index (χ4n) is 2.77. The number of benzene rings is 1. The van der Waals surface area contributed by atoms with Crippen molar-refractivity contribution >= 4 is 23.1 Å². The van der Waals surface area contributed by atoms with Gasteiger partial charge in [0, 0.05) is 5.75 Å². The molecule has 0 radical (unpaired) electrons. The summed E-state index contributed by atoms with van der Waals surface area (Å²) in [6.07, 6.45) is 12.1. The van der Waals surface area contributed by atoms with Crippen LogP contribution < -0.4 is 0 Å². The highest BCUT2D eigenvalue weighted by Gasteiger charge is 2.06. The molecule has 2 aromatic rings. The van der Waals surface area contributed by atoms with Gasteiger partial charge in [0.2, 0.25) is 0 Å². The number of terminal acetylenes is 1. The summed E-state index contributed by atoms with van der Waals surface area (Å²) in [4.78, 5) is 7.49. The first-order valence-electron chi connectivity index (χ1n) is 10.4. The van der Waals surface area contributed by atoms with Gasteiger partial charge in [-0.1, -0.05) is 51.5 Å². The zero-order valence-corrected chi connectivity index (χ0v) is 20.9. The number of hydrogen-bond donors (Lipinski definition) is 2. The first-order chi connectivity index (χ1) is 14.3. The van der Waals surface area contributed by atoms with E-state index in [-0.39, 0.29) is 0 Å². The van der Waals surface area contributed by atoms with E-state index in [1.165, 1.54) is 27.9 Å². The van der Waals surface area contributed by atoms with E-state index < -0.39 is 0 Å². The standard InChI is InChI=1S/C13H22OS.C9H10N2.C2H6.C2H2/c1-6-8-13(10(3)7-2)12(5)11(4)9-15-14;1-6-3-4-8-9(5-6)11-7(2)10-8;2*1-2/h7,14H,2,6,8-9H2,1,3-5H3;3-5H,1-2H3,(H,10,11);1-2H3;1-2H/b12-11+,13-10-;;;. The van der Waals surface area contributed by atoms with Gasteiger partial charge in [0.05, 0.1) is 11.0 Å². The second kappa shape index (κ2) is 17.6. The van der Waals surface area contributed by atoms with Crippen LogP contribution in [0.3, 0.4) is 0 Å². The number of aromatic nitrogens is 2. The van der Waals surface area contributed by atoms with Crippen LogP contribution in [0.2, 0.25) is 0 Å². The van der Waals surface area contributed by atoms with E-state index in [1.54, 1.807) is 0 Å². The Labute approximate surface area is 189 Å². The number of allylic oxidation sites excluding steroid dienone is 4. The number of rotatable bonds is 6. The number of H-pyrrole nitrogens is 1. The van der Waals surface area contributed by atoms with Crippen molar-refractivity contribution in [3.05, 3.63) is 64.5 Å². The Balaban J connectivity index is 0. The summed E-state index contributed by atoms with van der Waals surface area (Å²) >= 11 is 0.887. The van der Waals surface area contributed by atoms with Gasteiger partial charge in [0.15, 0.2) is 0 Å². The molecule has 2 N–H and O–H groups in total. The van der Waals surface area contributed by atoms with Crippen molar-refractivity contribution in [2.45, 2.75) is 68.2 Å². The lowest BCUT2D eigenvalue weighted by atomic mass is 9.94. The van der Waals surface area contributed by atoms with Crippen molar-refractivity contribution in [2.24, 2.45) is 0 Å². The molecule has 0 amide bonds. The van der Waals surface area contributed by atoms with Crippen molar-refractivity contribution < 1.29 is 4.55 Å². The predicted octanol–water partition coefficient (Wildman–Crippen LogP) is 8.29. The van der Waals surface area contributed by atoms with Crippen LogP contribution >= 0.6 is 12.0 Å². The molecule has 0 atom stereocenters. The first-order valence-corrected chi connectivity index (χ1v) is 11.3. The molecule has 30 heavy (non-hydrogen) atoms. The third kappa shape index (κ3) is 10.5. The van der Waals surface area contributed by atoms with E-state index >= 15 is 0 Å². The molecular weight excluding hydrogens is 388 g/mol. The van der Waals surface area contributed by atoms with Crippen LogP contribution in [0, 0.1) is 26.7 Å². The molecule has 0 aliphatic carbocycles. The molecule has 0 fully saturated rings. The van der Waals surface area contributed by atoms with Gasteiger partial charge in [-0.25, -0.2) is 4.98 Å². The molecule has 0 aliphatic rings. The fraction of sp³-hybridized carbons (Fsp3) is 0.423. The fourth-order valence-corrected chi connectivity index (χ4v) is 3.18. The van der Waals surface area contributed by atoms with Crippen molar-refractivity contribution in [1.82, 2.24) is 9.97 Å². The number of nitrogens with one attached hydrogen (secondary N) is 1. The summed E-state index contributed by atoms with van der Waals surface area (Å²) in [6.45, 7) is 20.3. The lowest BCUT2D eigenvalue weighted by Crippen LogP contribution is -1.95. The van der Waals surface area contributed by atoms with Crippen LogP contribution in [0.1, 0.15) is 65.8 Å². The van der Waals surface area contributed by atoms with E-state index in [9.17, 15) is 0 Å². The molecule has 1 aromatic carbocycles. The molecule has 0 saturated carbocycles. The molecule has 0 unspecified atom stereocenters.